The molecule has 0 spiro atoms. The Morgan fingerprint density at radius 1 is 1.13 bits per heavy atom. The highest BCUT2D eigenvalue weighted by Crippen LogP contribution is 2.19. The number of hydrogen-bond acceptors (Lipinski definition) is 8. The molecule has 0 atom stereocenters. The number of aliphatic hydroxyl groups is 1. The molecule has 2 heterocycles. The van der Waals surface area contributed by atoms with Gasteiger partial charge in [-0.15, -0.1) is 0 Å². The number of ether oxygens (including phenoxy) is 1. The molecule has 0 saturated carbocycles. The fourth-order valence-electron chi connectivity index (χ4n) is 2.56. The number of aromatic nitrogens is 4. The molecule has 0 aliphatic rings. The number of aliphatic hydroxyl groups excluding tert-OH is 1. The van der Waals surface area contributed by atoms with Crippen LogP contribution in [0.4, 0.5) is 16.4 Å². The second-order valence-electron chi connectivity index (χ2n) is 7.51. The van der Waals surface area contributed by atoms with Gasteiger partial charge in [-0.3, -0.25) is 4.98 Å². The van der Waals surface area contributed by atoms with Crippen LogP contribution in [-0.2, 0) is 17.9 Å². The molecule has 1 amide bonds. The third-order valence-electron chi connectivity index (χ3n) is 3.83. The van der Waals surface area contributed by atoms with Crippen molar-refractivity contribution in [1.82, 2.24) is 25.3 Å². The number of nitrogens with zero attached hydrogens (tertiary/aromatic N) is 4. The number of benzene rings is 1. The molecule has 0 fully saturated rings. The van der Waals surface area contributed by atoms with E-state index >= 15 is 0 Å². The van der Waals surface area contributed by atoms with E-state index in [0.717, 1.165) is 16.8 Å². The van der Waals surface area contributed by atoms with Gasteiger partial charge in [0, 0.05) is 17.4 Å². The largest absolute Gasteiger partial charge is 0.444 e. The van der Waals surface area contributed by atoms with Gasteiger partial charge in [-0.05, 0) is 50.6 Å². The Hall–Kier alpha value is -3.59. The standard InChI is InChI=1S/C21H24N6O3/c1-21(2,3)30-20(29)23-11-17-10-15(7-8-22-17)18-24-13-25-19(27-18)26-16-6-4-5-14(9-16)12-28/h4-10,13,28H,11-12H2,1-3H3,(H,23,29)(H,24,25,26,27). The topological polar surface area (TPSA) is 122 Å². The van der Waals surface area contributed by atoms with Crippen molar-refractivity contribution in [1.29, 1.82) is 0 Å². The van der Waals surface area contributed by atoms with Crippen LogP contribution < -0.4 is 10.6 Å². The second kappa shape index (κ2) is 9.27. The molecule has 156 valence electrons. The van der Waals surface area contributed by atoms with Crippen LogP contribution in [0.15, 0.2) is 48.9 Å². The summed E-state index contributed by atoms with van der Waals surface area (Å²) in [6.07, 6.45) is 2.54. The van der Waals surface area contributed by atoms with Gasteiger partial charge in [-0.2, -0.15) is 4.98 Å². The molecule has 9 heteroatoms. The lowest BCUT2D eigenvalue weighted by Crippen LogP contribution is -2.32. The smallest absolute Gasteiger partial charge is 0.407 e. The summed E-state index contributed by atoms with van der Waals surface area (Å²) in [5, 5.41) is 15.1. The van der Waals surface area contributed by atoms with Gasteiger partial charge in [-0.1, -0.05) is 12.1 Å². The van der Waals surface area contributed by atoms with E-state index in [-0.39, 0.29) is 13.2 Å². The second-order valence-corrected chi connectivity index (χ2v) is 7.51. The molecular formula is C21H24N6O3. The molecule has 0 saturated heterocycles. The van der Waals surface area contributed by atoms with Crippen LogP contribution in [0, 0.1) is 0 Å². The number of anilines is 2. The van der Waals surface area contributed by atoms with Crippen molar-refractivity contribution in [2.45, 2.75) is 39.5 Å². The first kappa shape index (κ1) is 21.1. The highest BCUT2D eigenvalue weighted by Gasteiger charge is 2.16. The summed E-state index contributed by atoms with van der Waals surface area (Å²) in [7, 11) is 0. The van der Waals surface area contributed by atoms with Gasteiger partial charge in [-0.25, -0.2) is 14.8 Å². The van der Waals surface area contributed by atoms with E-state index in [2.05, 4.69) is 30.6 Å². The van der Waals surface area contributed by atoms with Gasteiger partial charge in [0.05, 0.1) is 18.8 Å². The molecule has 0 radical (unpaired) electrons. The van der Waals surface area contributed by atoms with E-state index in [0.29, 0.717) is 17.5 Å². The molecule has 2 aromatic heterocycles. The predicted octanol–water partition coefficient (Wildman–Crippen LogP) is 3.19. The Labute approximate surface area is 174 Å². The third kappa shape index (κ3) is 6.21. The van der Waals surface area contributed by atoms with Crippen molar-refractivity contribution in [2.75, 3.05) is 5.32 Å². The molecule has 0 bridgehead atoms. The molecule has 0 aliphatic carbocycles. The zero-order valence-electron chi connectivity index (χ0n) is 17.1. The molecule has 3 aromatic rings. The van der Waals surface area contributed by atoms with E-state index in [4.69, 9.17) is 4.74 Å². The fourth-order valence-corrected chi connectivity index (χ4v) is 2.56. The SMILES string of the molecule is CC(C)(C)OC(=O)NCc1cc(-c2ncnc(Nc3cccc(CO)c3)n2)ccn1. The maximum Gasteiger partial charge on any atom is 0.407 e. The van der Waals surface area contributed by atoms with E-state index in [1.807, 2.05) is 24.3 Å². The van der Waals surface area contributed by atoms with Gasteiger partial charge >= 0.3 is 6.09 Å². The Kier molecular flexibility index (Phi) is 6.53. The first-order valence-corrected chi connectivity index (χ1v) is 9.40. The lowest BCUT2D eigenvalue weighted by Gasteiger charge is -2.19. The minimum absolute atomic E-state index is 0.0465. The Balaban J connectivity index is 1.71. The van der Waals surface area contributed by atoms with E-state index < -0.39 is 11.7 Å². The normalized spacial score (nSPS) is 11.1. The van der Waals surface area contributed by atoms with Crippen molar-refractivity contribution in [3.63, 3.8) is 0 Å². The summed E-state index contributed by atoms with van der Waals surface area (Å²) in [6.45, 7) is 5.58. The predicted molar refractivity (Wildman–Crippen MR) is 112 cm³/mol. The molecular weight excluding hydrogens is 384 g/mol. The summed E-state index contributed by atoms with van der Waals surface area (Å²) < 4.78 is 5.23. The number of pyridine rings is 1. The highest BCUT2D eigenvalue weighted by atomic mass is 16.6. The number of carbonyl (C=O) groups is 1. The number of carbonyl (C=O) groups excluding carboxylic acids is 1. The van der Waals surface area contributed by atoms with Gasteiger partial charge in [0.25, 0.3) is 0 Å². The lowest BCUT2D eigenvalue weighted by atomic mass is 10.2. The van der Waals surface area contributed by atoms with Crippen molar-refractivity contribution in [3.8, 4) is 11.4 Å². The fraction of sp³-hybridized carbons (Fsp3) is 0.286. The number of nitrogens with one attached hydrogen (secondary N) is 2. The summed E-state index contributed by atoms with van der Waals surface area (Å²) in [5.41, 5.74) is 2.36. The number of hydrogen-bond donors (Lipinski definition) is 3. The summed E-state index contributed by atoms with van der Waals surface area (Å²) in [5.74, 6) is 0.840. The molecule has 1 aromatic carbocycles. The van der Waals surface area contributed by atoms with E-state index in [1.54, 1.807) is 39.1 Å². The number of alkyl carbamates (subject to hydrolysis) is 1. The lowest BCUT2D eigenvalue weighted by molar-refractivity contribution is 0.0523. The van der Waals surface area contributed by atoms with E-state index in [1.165, 1.54) is 6.33 Å². The van der Waals surface area contributed by atoms with Crippen LogP contribution in [0.1, 0.15) is 32.0 Å². The van der Waals surface area contributed by atoms with Crippen molar-refractivity contribution in [2.24, 2.45) is 0 Å². The number of amides is 1. The van der Waals surface area contributed by atoms with Crippen LogP contribution in [0.25, 0.3) is 11.4 Å². The van der Waals surface area contributed by atoms with Gasteiger partial charge in [0.1, 0.15) is 11.9 Å². The minimum Gasteiger partial charge on any atom is -0.444 e. The van der Waals surface area contributed by atoms with Crippen molar-refractivity contribution < 1.29 is 14.6 Å². The zero-order valence-corrected chi connectivity index (χ0v) is 17.1. The Bertz CT molecular complexity index is 1020. The Morgan fingerprint density at radius 2 is 1.97 bits per heavy atom. The highest BCUT2D eigenvalue weighted by molar-refractivity contribution is 5.67. The number of rotatable bonds is 6. The molecule has 3 rings (SSSR count). The minimum atomic E-state index is -0.565. The maximum atomic E-state index is 11.8. The summed E-state index contributed by atoms with van der Waals surface area (Å²) in [6, 6.07) is 10.9. The average Bonchev–Trinajstić information content (AvgIpc) is 2.72. The maximum absolute atomic E-state index is 11.8. The van der Waals surface area contributed by atoms with Crippen molar-refractivity contribution in [3.05, 3.63) is 60.2 Å². The summed E-state index contributed by atoms with van der Waals surface area (Å²) >= 11 is 0. The average molecular weight is 408 g/mol. The van der Waals surface area contributed by atoms with Gasteiger partial charge < -0.3 is 20.5 Å². The van der Waals surface area contributed by atoms with E-state index in [9.17, 15) is 9.90 Å². The van der Waals surface area contributed by atoms with Crippen LogP contribution in [0.2, 0.25) is 0 Å². The third-order valence-corrected chi connectivity index (χ3v) is 3.83. The molecule has 0 unspecified atom stereocenters. The van der Waals surface area contributed by atoms with Gasteiger partial charge in [0.2, 0.25) is 5.95 Å². The molecule has 0 aliphatic heterocycles. The van der Waals surface area contributed by atoms with Crippen molar-refractivity contribution >= 4 is 17.7 Å². The molecule has 30 heavy (non-hydrogen) atoms. The Morgan fingerprint density at radius 3 is 2.73 bits per heavy atom. The molecule has 3 N–H and O–H groups in total. The monoisotopic (exact) mass is 408 g/mol. The van der Waals surface area contributed by atoms with Crippen LogP contribution in [-0.4, -0.2) is 36.7 Å². The first-order valence-electron chi connectivity index (χ1n) is 9.40. The first-order chi connectivity index (χ1) is 14.3. The van der Waals surface area contributed by atoms with Crippen LogP contribution in [0.3, 0.4) is 0 Å². The van der Waals surface area contributed by atoms with Crippen LogP contribution in [0.5, 0.6) is 0 Å². The van der Waals surface area contributed by atoms with Gasteiger partial charge in [0.15, 0.2) is 5.82 Å². The summed E-state index contributed by atoms with van der Waals surface area (Å²) in [4.78, 5) is 28.9. The van der Waals surface area contributed by atoms with Crippen LogP contribution >= 0.6 is 0 Å². The zero-order chi connectivity index (χ0) is 21.6. The molecule has 9 nitrogen and oxygen atoms in total. The quantitative estimate of drug-likeness (QED) is 0.568.